The van der Waals surface area contributed by atoms with Gasteiger partial charge in [-0.1, -0.05) is 18.6 Å². The molecule has 0 N–H and O–H groups in total. The molecule has 1 aliphatic carbocycles. The second-order valence-corrected chi connectivity index (χ2v) is 8.52. The van der Waals surface area contributed by atoms with Crippen LogP contribution in [0.15, 0.2) is 36.7 Å². The van der Waals surface area contributed by atoms with Gasteiger partial charge in [0.15, 0.2) is 5.82 Å². The van der Waals surface area contributed by atoms with Gasteiger partial charge in [-0.2, -0.15) is 0 Å². The number of aromatic nitrogens is 2. The highest BCUT2D eigenvalue weighted by molar-refractivity contribution is 5.78. The van der Waals surface area contributed by atoms with Crippen molar-refractivity contribution in [3.05, 3.63) is 47.8 Å². The van der Waals surface area contributed by atoms with E-state index in [9.17, 15) is 4.79 Å². The summed E-state index contributed by atoms with van der Waals surface area (Å²) in [6.45, 7) is 6.18. The summed E-state index contributed by atoms with van der Waals surface area (Å²) in [6, 6.07) is 9.11. The fourth-order valence-corrected chi connectivity index (χ4v) is 4.71. The van der Waals surface area contributed by atoms with Crippen molar-refractivity contribution in [1.29, 1.82) is 0 Å². The van der Waals surface area contributed by atoms with Crippen LogP contribution >= 0.6 is 0 Å². The van der Waals surface area contributed by atoms with Gasteiger partial charge in [-0.3, -0.25) is 14.6 Å². The third-order valence-corrected chi connectivity index (χ3v) is 6.74. The maximum Gasteiger partial charge on any atom is 0.236 e. The summed E-state index contributed by atoms with van der Waals surface area (Å²) in [5.41, 5.74) is 3.74. The van der Waals surface area contributed by atoms with E-state index in [1.165, 1.54) is 30.4 Å². The summed E-state index contributed by atoms with van der Waals surface area (Å²) in [7, 11) is 0. The van der Waals surface area contributed by atoms with Crippen molar-refractivity contribution in [3.8, 4) is 11.4 Å². The highest BCUT2D eigenvalue weighted by Crippen LogP contribution is 2.26. The van der Waals surface area contributed by atoms with E-state index < -0.39 is 0 Å². The smallest absolute Gasteiger partial charge is 0.236 e. The van der Waals surface area contributed by atoms with Crippen molar-refractivity contribution in [2.24, 2.45) is 0 Å². The average Bonchev–Trinajstić information content (AvgIpc) is 2.73. The Balaban J connectivity index is 1.16. The molecule has 1 saturated heterocycles. The SMILES string of the molecule is O=C(CN1CCc2cc(-c3ncccn3)ccc2C1)N1CCN(C2CCC2)CC1. The molecule has 2 fully saturated rings. The maximum absolute atomic E-state index is 12.8. The van der Waals surface area contributed by atoms with Gasteiger partial charge in [0.25, 0.3) is 0 Å². The Bertz CT molecular complexity index is 859. The van der Waals surface area contributed by atoms with Crippen LogP contribution in [-0.4, -0.2) is 75.9 Å². The lowest BCUT2D eigenvalue weighted by Gasteiger charge is -2.43. The molecule has 2 aliphatic heterocycles. The van der Waals surface area contributed by atoms with Gasteiger partial charge in [-0.15, -0.1) is 0 Å². The second kappa shape index (κ2) is 8.20. The minimum absolute atomic E-state index is 0.288. The first kappa shape index (κ1) is 18.7. The number of nitrogens with zero attached hydrogens (tertiary/aromatic N) is 5. The Kier molecular flexibility index (Phi) is 5.29. The highest BCUT2D eigenvalue weighted by atomic mass is 16.2. The average molecular weight is 392 g/mol. The molecule has 0 atom stereocenters. The van der Waals surface area contributed by atoms with E-state index in [-0.39, 0.29) is 5.91 Å². The number of piperazine rings is 1. The zero-order valence-electron chi connectivity index (χ0n) is 17.0. The van der Waals surface area contributed by atoms with Crippen LogP contribution < -0.4 is 0 Å². The van der Waals surface area contributed by atoms with E-state index in [2.05, 4.69) is 42.9 Å². The van der Waals surface area contributed by atoms with Crippen LogP contribution in [0.3, 0.4) is 0 Å². The lowest BCUT2D eigenvalue weighted by atomic mass is 9.91. The van der Waals surface area contributed by atoms with Gasteiger partial charge in [0.2, 0.25) is 5.91 Å². The first-order chi connectivity index (χ1) is 14.3. The monoisotopic (exact) mass is 391 g/mol. The lowest BCUT2D eigenvalue weighted by Crippen LogP contribution is -2.55. The number of benzene rings is 1. The zero-order valence-corrected chi connectivity index (χ0v) is 17.0. The summed E-state index contributed by atoms with van der Waals surface area (Å²) >= 11 is 0. The van der Waals surface area contributed by atoms with Crippen molar-refractivity contribution in [3.63, 3.8) is 0 Å². The number of hydrogen-bond acceptors (Lipinski definition) is 5. The van der Waals surface area contributed by atoms with E-state index in [1.807, 2.05) is 6.07 Å². The summed E-state index contributed by atoms with van der Waals surface area (Å²) in [5, 5.41) is 0. The molecule has 5 rings (SSSR count). The lowest BCUT2D eigenvalue weighted by molar-refractivity contribution is -0.135. The Morgan fingerprint density at radius 2 is 1.79 bits per heavy atom. The summed E-state index contributed by atoms with van der Waals surface area (Å²) < 4.78 is 0. The number of carbonyl (C=O) groups is 1. The van der Waals surface area contributed by atoms with E-state index in [0.717, 1.165) is 63.1 Å². The van der Waals surface area contributed by atoms with Gasteiger partial charge in [-0.25, -0.2) is 9.97 Å². The first-order valence-electron chi connectivity index (χ1n) is 10.9. The van der Waals surface area contributed by atoms with Crippen molar-refractivity contribution in [1.82, 2.24) is 24.7 Å². The number of rotatable bonds is 4. The van der Waals surface area contributed by atoms with Crippen molar-refractivity contribution in [2.45, 2.75) is 38.3 Å². The molecule has 3 aliphatic rings. The Hall–Kier alpha value is -2.31. The van der Waals surface area contributed by atoms with Crippen LogP contribution in [0.4, 0.5) is 0 Å². The number of hydrogen-bond donors (Lipinski definition) is 0. The summed E-state index contributed by atoms with van der Waals surface area (Å²) in [4.78, 5) is 28.5. The van der Waals surface area contributed by atoms with Gasteiger partial charge in [0.05, 0.1) is 6.54 Å². The highest BCUT2D eigenvalue weighted by Gasteiger charge is 2.30. The number of amides is 1. The van der Waals surface area contributed by atoms with Crippen LogP contribution in [0.2, 0.25) is 0 Å². The fourth-order valence-electron chi connectivity index (χ4n) is 4.71. The van der Waals surface area contributed by atoms with Crippen LogP contribution in [0.5, 0.6) is 0 Å². The first-order valence-corrected chi connectivity index (χ1v) is 10.9. The molecule has 152 valence electrons. The standard InChI is InChI=1S/C23H29N5O/c29-22(28-13-11-27(12-14-28)21-3-1-4-21)17-26-10-7-18-15-19(5-6-20(18)16-26)23-24-8-2-9-25-23/h2,5-6,8-9,15,21H,1,3-4,7,10-14,16-17H2. The molecule has 6 nitrogen and oxygen atoms in total. The molecule has 0 bridgehead atoms. The number of fused-ring (bicyclic) bond motifs is 1. The van der Waals surface area contributed by atoms with Gasteiger partial charge < -0.3 is 4.90 Å². The molecule has 3 heterocycles. The molecule has 1 aromatic heterocycles. The minimum atomic E-state index is 0.288. The summed E-state index contributed by atoms with van der Waals surface area (Å²) in [5.74, 6) is 1.06. The fraction of sp³-hybridized carbons (Fsp3) is 0.522. The molecule has 0 radical (unpaired) electrons. The Morgan fingerprint density at radius 3 is 2.52 bits per heavy atom. The van der Waals surface area contributed by atoms with Gasteiger partial charge in [-0.05, 0) is 42.5 Å². The molecule has 6 heteroatoms. The molecular weight excluding hydrogens is 362 g/mol. The minimum Gasteiger partial charge on any atom is -0.339 e. The predicted octanol–water partition coefficient (Wildman–Crippen LogP) is 2.20. The molecule has 0 unspecified atom stereocenters. The molecule has 29 heavy (non-hydrogen) atoms. The van der Waals surface area contributed by atoms with Gasteiger partial charge >= 0.3 is 0 Å². The van der Waals surface area contributed by atoms with E-state index >= 15 is 0 Å². The topological polar surface area (TPSA) is 52.6 Å². The van der Waals surface area contributed by atoms with Crippen molar-refractivity contribution >= 4 is 5.91 Å². The Labute approximate surface area is 172 Å². The molecule has 1 aromatic carbocycles. The third-order valence-electron chi connectivity index (χ3n) is 6.74. The van der Waals surface area contributed by atoms with Crippen LogP contribution in [0.25, 0.3) is 11.4 Å². The van der Waals surface area contributed by atoms with E-state index in [1.54, 1.807) is 12.4 Å². The number of carbonyl (C=O) groups excluding carboxylic acids is 1. The van der Waals surface area contributed by atoms with Crippen molar-refractivity contribution < 1.29 is 4.79 Å². The van der Waals surface area contributed by atoms with E-state index in [0.29, 0.717) is 6.54 Å². The largest absolute Gasteiger partial charge is 0.339 e. The van der Waals surface area contributed by atoms with Crippen LogP contribution in [0, 0.1) is 0 Å². The quantitative estimate of drug-likeness (QED) is 0.800. The molecule has 2 aromatic rings. The zero-order chi connectivity index (χ0) is 19.6. The van der Waals surface area contributed by atoms with Gasteiger partial charge in [0, 0.05) is 63.3 Å². The second-order valence-electron chi connectivity index (χ2n) is 8.52. The molecule has 0 spiro atoms. The molecular formula is C23H29N5O. The normalized spacial score (nSPS) is 20.9. The van der Waals surface area contributed by atoms with Crippen LogP contribution in [0.1, 0.15) is 30.4 Å². The third kappa shape index (κ3) is 4.05. The maximum atomic E-state index is 12.8. The van der Waals surface area contributed by atoms with Gasteiger partial charge in [0.1, 0.15) is 0 Å². The van der Waals surface area contributed by atoms with Crippen molar-refractivity contribution in [2.75, 3.05) is 39.3 Å². The molecule has 1 saturated carbocycles. The van der Waals surface area contributed by atoms with Crippen LogP contribution in [-0.2, 0) is 17.8 Å². The predicted molar refractivity (Wildman–Crippen MR) is 112 cm³/mol. The summed E-state index contributed by atoms with van der Waals surface area (Å²) in [6.07, 6.45) is 8.60. The Morgan fingerprint density at radius 1 is 1.00 bits per heavy atom. The van der Waals surface area contributed by atoms with E-state index in [4.69, 9.17) is 0 Å². The molecule has 1 amide bonds.